The van der Waals surface area contributed by atoms with E-state index in [1.807, 2.05) is 20.9 Å². The Morgan fingerprint density at radius 1 is 1.16 bits per heavy atom. The molecule has 0 saturated heterocycles. The van der Waals surface area contributed by atoms with Gasteiger partial charge in [-0.1, -0.05) is 19.1 Å². The third-order valence-corrected chi connectivity index (χ3v) is 12.3. The molecule has 3 heterocycles. The molecule has 6 rings (SSSR count). The lowest BCUT2D eigenvalue weighted by molar-refractivity contribution is -0.149. The van der Waals surface area contributed by atoms with Gasteiger partial charge in [-0.2, -0.15) is 30.2 Å². The lowest BCUT2D eigenvalue weighted by atomic mass is 9.79. The van der Waals surface area contributed by atoms with Crippen LogP contribution in [0.4, 0.5) is 13.2 Å². The van der Waals surface area contributed by atoms with Crippen LogP contribution in [0, 0.1) is 31.1 Å². The van der Waals surface area contributed by atoms with Crippen LogP contribution in [-0.2, 0) is 25.5 Å². The fourth-order valence-electron chi connectivity index (χ4n) is 8.89. The number of nitriles is 1. The summed E-state index contributed by atoms with van der Waals surface area (Å²) in [6, 6.07) is 3.77. The van der Waals surface area contributed by atoms with Gasteiger partial charge in [0.1, 0.15) is 36.0 Å². The SMILES string of the molecule is C=C(O)C(F)(F)F.CN[C@@H]1C2=C(CCCN([C@@H](COC(=O)C3NCCc4cc(C#N)c(OC)cc43)c3c(C)c(OC(C)=O)c(C)c4c3OCO4)C1CSC)CC(C)C(OC)=C2O. The summed E-state index contributed by atoms with van der Waals surface area (Å²) in [7, 11) is 5.00. The number of aliphatic hydroxyl groups is 2. The maximum atomic E-state index is 14.3. The average Bonchev–Trinajstić information content (AvgIpc) is 3.71. The predicted molar refractivity (Wildman–Crippen MR) is 225 cm³/mol. The summed E-state index contributed by atoms with van der Waals surface area (Å²) in [6.07, 6.45) is 0.366. The molecule has 0 saturated carbocycles. The molecule has 0 spiro atoms. The second-order valence-corrected chi connectivity index (χ2v) is 16.3. The molecule has 0 radical (unpaired) electrons. The summed E-state index contributed by atoms with van der Waals surface area (Å²) in [6.45, 7) is 10.5. The van der Waals surface area contributed by atoms with Crippen LogP contribution in [0.3, 0.4) is 0 Å². The molecule has 1 aliphatic carbocycles. The number of ether oxygens (including phenoxy) is 6. The molecule has 0 amide bonds. The number of allylic oxidation sites excluding steroid dienone is 3. The van der Waals surface area contributed by atoms with Gasteiger partial charge < -0.3 is 49.3 Å². The van der Waals surface area contributed by atoms with Crippen LogP contribution in [-0.4, -0.2) is 105 Å². The number of fused-ring (bicyclic) bond motifs is 2. The van der Waals surface area contributed by atoms with Crippen LogP contribution >= 0.6 is 11.8 Å². The number of halogens is 3. The number of benzene rings is 2. The third kappa shape index (κ3) is 9.91. The van der Waals surface area contributed by atoms with Crippen LogP contribution < -0.4 is 29.6 Å². The number of carbonyl (C=O) groups excluding carboxylic acids is 2. The fraction of sp³-hybridized carbons (Fsp3) is 0.523. The van der Waals surface area contributed by atoms with Crippen molar-refractivity contribution in [3.05, 3.63) is 80.5 Å². The highest BCUT2D eigenvalue weighted by atomic mass is 32.2. The van der Waals surface area contributed by atoms with Gasteiger partial charge in [0.2, 0.25) is 6.79 Å². The average molecular weight is 889 g/mol. The quantitative estimate of drug-likeness (QED) is 0.102. The summed E-state index contributed by atoms with van der Waals surface area (Å²) in [5.41, 5.74) is 6.06. The number of methoxy groups -OCH3 is 2. The van der Waals surface area contributed by atoms with E-state index in [4.69, 9.17) is 33.5 Å². The van der Waals surface area contributed by atoms with E-state index in [1.165, 1.54) is 19.6 Å². The summed E-state index contributed by atoms with van der Waals surface area (Å²) in [5, 5.41) is 36.0. The molecule has 5 atom stereocenters. The van der Waals surface area contributed by atoms with Gasteiger partial charge in [0.05, 0.1) is 31.9 Å². The Labute approximate surface area is 364 Å². The minimum absolute atomic E-state index is 0.0196. The number of hydrogen-bond donors (Lipinski definition) is 4. The first-order valence-corrected chi connectivity index (χ1v) is 21.5. The van der Waals surface area contributed by atoms with Gasteiger partial charge in [0.15, 0.2) is 23.0 Å². The molecule has 2 aromatic rings. The second-order valence-electron chi connectivity index (χ2n) is 15.4. The number of esters is 2. The van der Waals surface area contributed by atoms with Crippen molar-refractivity contribution in [2.24, 2.45) is 5.92 Å². The standard InChI is InChI=1S/C41H52N4O9S.C3H3F3O/c1-21-14-26-10-9-13-45(30(19-55-8)35(43-5)33(26)36(47)37(21)50-7)29(32-22(2)38(54-24(4)46)23(3)39-40(32)53-20-52-39)18-51-41(48)34-28-16-31(49-6)27(17-42)15-25(28)11-12-44-34;1-2(7)3(4,5)6/h15-16,21,29-30,34-35,43-44,47H,9-14,18-20H2,1-8H3;7H,1H2/t21?,29-,30?,34?,35-;/m0./s1. The first kappa shape index (κ1) is 48.0. The Kier molecular flexibility index (Phi) is 15.8. The molecular formula is C44H55F3N4O10S. The number of carbonyl (C=O) groups is 2. The molecule has 2 aromatic carbocycles. The van der Waals surface area contributed by atoms with E-state index in [1.54, 1.807) is 31.0 Å². The summed E-state index contributed by atoms with van der Waals surface area (Å²) >= 11 is 1.69. The maximum absolute atomic E-state index is 14.3. The van der Waals surface area contributed by atoms with Gasteiger partial charge in [-0.15, -0.1) is 0 Å². The summed E-state index contributed by atoms with van der Waals surface area (Å²) in [5.74, 6) is 0.503. The van der Waals surface area contributed by atoms with Gasteiger partial charge >= 0.3 is 18.1 Å². The summed E-state index contributed by atoms with van der Waals surface area (Å²) in [4.78, 5) is 29.1. The Bertz CT molecular complexity index is 2150. The van der Waals surface area contributed by atoms with Crippen molar-refractivity contribution < 1.29 is 61.4 Å². The van der Waals surface area contributed by atoms with Crippen LogP contribution in [0.5, 0.6) is 23.0 Å². The minimum atomic E-state index is -4.64. The third-order valence-electron chi connectivity index (χ3n) is 11.6. The minimum Gasteiger partial charge on any atom is -0.505 e. The number of nitrogens with zero attached hydrogens (tertiary/aromatic N) is 2. The van der Waals surface area contributed by atoms with E-state index < -0.39 is 36.0 Å². The maximum Gasteiger partial charge on any atom is 0.448 e. The van der Waals surface area contributed by atoms with E-state index in [2.05, 4.69) is 41.4 Å². The van der Waals surface area contributed by atoms with Crippen molar-refractivity contribution in [3.63, 3.8) is 0 Å². The zero-order valence-electron chi connectivity index (χ0n) is 36.2. The molecule has 0 bridgehead atoms. The van der Waals surface area contributed by atoms with Crippen LogP contribution in [0.1, 0.15) is 78.6 Å². The van der Waals surface area contributed by atoms with Gasteiger partial charge in [-0.05, 0) is 82.6 Å². The first-order chi connectivity index (χ1) is 29.4. The van der Waals surface area contributed by atoms with Gasteiger partial charge in [-0.3, -0.25) is 9.69 Å². The van der Waals surface area contributed by atoms with E-state index in [0.29, 0.717) is 81.8 Å². The molecule has 3 unspecified atom stereocenters. The van der Waals surface area contributed by atoms with Crippen molar-refractivity contribution in [1.82, 2.24) is 15.5 Å². The number of nitrogens with one attached hydrogen (secondary N) is 2. The number of likely N-dealkylation sites (N-methyl/N-ethyl adjacent to an activating group) is 1. The zero-order valence-corrected chi connectivity index (χ0v) is 37.0. The normalized spacial score (nSPS) is 21.5. The largest absolute Gasteiger partial charge is 0.505 e. The van der Waals surface area contributed by atoms with Crippen molar-refractivity contribution >= 4 is 23.7 Å². The first-order valence-electron chi connectivity index (χ1n) is 20.1. The molecule has 14 nitrogen and oxygen atoms in total. The highest BCUT2D eigenvalue weighted by Crippen LogP contribution is 2.51. The van der Waals surface area contributed by atoms with E-state index in [9.17, 15) is 33.1 Å². The van der Waals surface area contributed by atoms with Crippen LogP contribution in [0.25, 0.3) is 0 Å². The van der Waals surface area contributed by atoms with E-state index in [0.717, 1.165) is 30.4 Å². The number of alkyl halides is 3. The molecule has 62 heavy (non-hydrogen) atoms. The lowest BCUT2D eigenvalue weighted by Crippen LogP contribution is -2.55. The van der Waals surface area contributed by atoms with Crippen LogP contribution in [0.15, 0.2) is 47.1 Å². The molecular weight excluding hydrogens is 834 g/mol. The molecule has 18 heteroatoms. The number of hydrogen-bond acceptors (Lipinski definition) is 15. The van der Waals surface area contributed by atoms with Crippen molar-refractivity contribution in [1.29, 1.82) is 5.26 Å². The van der Waals surface area contributed by atoms with Crippen molar-refractivity contribution in [3.8, 4) is 29.1 Å². The highest BCUT2D eigenvalue weighted by molar-refractivity contribution is 7.98. The highest BCUT2D eigenvalue weighted by Gasteiger charge is 2.44. The Morgan fingerprint density at radius 3 is 2.45 bits per heavy atom. The smallest absolute Gasteiger partial charge is 0.448 e. The molecule has 3 aliphatic heterocycles. The number of thioether (sulfide) groups is 1. The number of aliphatic hydroxyl groups excluding tert-OH is 2. The lowest BCUT2D eigenvalue weighted by Gasteiger charge is -2.45. The Hall–Kier alpha value is -5.09. The van der Waals surface area contributed by atoms with E-state index >= 15 is 0 Å². The van der Waals surface area contributed by atoms with Crippen LogP contribution in [0.2, 0.25) is 0 Å². The molecule has 338 valence electrons. The topological polar surface area (TPSA) is 181 Å². The molecule has 4 N–H and O–H groups in total. The van der Waals surface area contributed by atoms with Crippen molar-refractivity contribution in [2.75, 3.05) is 59.8 Å². The predicted octanol–water partition coefficient (Wildman–Crippen LogP) is 7.10. The van der Waals surface area contributed by atoms with Gasteiger partial charge in [0, 0.05) is 53.4 Å². The molecule has 0 fully saturated rings. The Balaban J connectivity index is 0.000000955. The zero-order chi connectivity index (χ0) is 45.6. The summed E-state index contributed by atoms with van der Waals surface area (Å²) < 4.78 is 68.2. The van der Waals surface area contributed by atoms with Gasteiger partial charge in [0.25, 0.3) is 0 Å². The number of rotatable bonds is 11. The molecule has 4 aliphatic rings. The fourth-order valence-corrected chi connectivity index (χ4v) is 9.62. The molecule has 0 aromatic heterocycles. The van der Waals surface area contributed by atoms with E-state index in [-0.39, 0.29) is 37.2 Å². The second kappa shape index (κ2) is 20.4. The monoisotopic (exact) mass is 888 g/mol. The van der Waals surface area contributed by atoms with Crippen molar-refractivity contribution in [2.45, 2.75) is 83.7 Å². The Morgan fingerprint density at radius 2 is 1.85 bits per heavy atom. The van der Waals surface area contributed by atoms with Gasteiger partial charge in [-0.25, -0.2) is 4.79 Å².